The van der Waals surface area contributed by atoms with Gasteiger partial charge in [0.2, 0.25) is 0 Å². The van der Waals surface area contributed by atoms with E-state index >= 15 is 0 Å². The Morgan fingerprint density at radius 3 is 1.71 bits per heavy atom. The number of hydrogen-bond acceptors (Lipinski definition) is 6. The van der Waals surface area contributed by atoms with Crippen molar-refractivity contribution in [2.75, 3.05) is 22.9 Å². The molecule has 3 heterocycles. The highest BCUT2D eigenvalue weighted by molar-refractivity contribution is 5.56. The van der Waals surface area contributed by atoms with Gasteiger partial charge in [-0.05, 0) is 54.2 Å². The zero-order valence-electron chi connectivity index (χ0n) is 17.5. The maximum atomic E-state index is 9.39. The van der Waals surface area contributed by atoms with Crippen molar-refractivity contribution in [3.63, 3.8) is 0 Å². The van der Waals surface area contributed by atoms with E-state index in [0.29, 0.717) is 0 Å². The van der Waals surface area contributed by atoms with Gasteiger partial charge in [0.05, 0.1) is 23.3 Å². The molecule has 0 unspecified atom stereocenters. The third kappa shape index (κ3) is 3.47. The van der Waals surface area contributed by atoms with E-state index in [2.05, 4.69) is 40.1 Å². The van der Waals surface area contributed by atoms with Crippen LogP contribution in [0.4, 0.5) is 11.6 Å². The molecule has 0 fully saturated rings. The van der Waals surface area contributed by atoms with E-state index in [-0.39, 0.29) is 0 Å². The predicted molar refractivity (Wildman–Crippen MR) is 119 cm³/mol. The van der Waals surface area contributed by atoms with Gasteiger partial charge in [-0.3, -0.25) is 0 Å². The molecule has 0 N–H and O–H groups in total. The van der Waals surface area contributed by atoms with Crippen molar-refractivity contribution in [2.24, 2.45) is 0 Å². The molecular weight excluding hydrogens is 384 g/mol. The summed E-state index contributed by atoms with van der Waals surface area (Å²) in [6.45, 7) is 5.08. The van der Waals surface area contributed by atoms with Crippen LogP contribution < -0.4 is 9.80 Å². The van der Waals surface area contributed by atoms with E-state index in [9.17, 15) is 10.5 Å². The van der Waals surface area contributed by atoms with E-state index in [0.717, 1.165) is 78.7 Å². The summed E-state index contributed by atoms with van der Waals surface area (Å²) >= 11 is 0. The van der Waals surface area contributed by atoms with Crippen LogP contribution in [0.15, 0.2) is 42.5 Å². The molecular formula is C25H22N6. The minimum absolute atomic E-state index is 0.745. The molecule has 6 nitrogen and oxygen atoms in total. The minimum Gasteiger partial charge on any atom is -0.352 e. The van der Waals surface area contributed by atoms with Crippen LogP contribution in [0.2, 0.25) is 0 Å². The van der Waals surface area contributed by atoms with Gasteiger partial charge >= 0.3 is 0 Å². The molecule has 5 rings (SSSR count). The quantitative estimate of drug-likeness (QED) is 0.646. The summed E-state index contributed by atoms with van der Waals surface area (Å²) in [5, 5.41) is 18.8. The fourth-order valence-corrected chi connectivity index (χ4v) is 4.68. The van der Waals surface area contributed by atoms with Crippen LogP contribution in [0.3, 0.4) is 0 Å². The van der Waals surface area contributed by atoms with Gasteiger partial charge in [0, 0.05) is 32.2 Å². The van der Waals surface area contributed by atoms with Crippen molar-refractivity contribution in [3.05, 3.63) is 81.7 Å². The largest absolute Gasteiger partial charge is 0.352 e. The van der Waals surface area contributed by atoms with Gasteiger partial charge in [-0.2, -0.15) is 10.5 Å². The summed E-state index contributed by atoms with van der Waals surface area (Å²) in [5.74, 6) is 2.60. The molecule has 0 bridgehead atoms. The lowest BCUT2D eigenvalue weighted by Crippen LogP contribution is -2.34. The Morgan fingerprint density at radius 1 is 0.774 bits per heavy atom. The third-order valence-electron chi connectivity index (χ3n) is 6.23. The lowest BCUT2D eigenvalue weighted by atomic mass is 9.95. The van der Waals surface area contributed by atoms with Gasteiger partial charge in [0.1, 0.15) is 17.5 Å². The fourth-order valence-electron chi connectivity index (χ4n) is 4.68. The monoisotopic (exact) mass is 406 g/mol. The first kappa shape index (κ1) is 19.1. The first-order chi connectivity index (χ1) is 15.2. The van der Waals surface area contributed by atoms with Crippen molar-refractivity contribution < 1.29 is 0 Å². The summed E-state index contributed by atoms with van der Waals surface area (Å²) in [4.78, 5) is 14.0. The molecule has 0 aliphatic carbocycles. The summed E-state index contributed by atoms with van der Waals surface area (Å²) < 4.78 is 0. The number of hydrogen-bond donors (Lipinski definition) is 0. The Bertz CT molecular complexity index is 1160. The van der Waals surface area contributed by atoms with Crippen LogP contribution in [-0.4, -0.2) is 23.1 Å². The van der Waals surface area contributed by atoms with Crippen LogP contribution in [-0.2, 0) is 25.9 Å². The van der Waals surface area contributed by atoms with Gasteiger partial charge < -0.3 is 9.80 Å². The van der Waals surface area contributed by atoms with Gasteiger partial charge in [0.25, 0.3) is 0 Å². The molecule has 2 aliphatic heterocycles. The molecule has 0 radical (unpaired) electrons. The highest BCUT2D eigenvalue weighted by atomic mass is 15.2. The summed E-state index contributed by atoms with van der Waals surface area (Å²) in [5.41, 5.74) is 6.26. The number of nitriles is 2. The van der Waals surface area contributed by atoms with Crippen molar-refractivity contribution >= 4 is 11.6 Å². The fraction of sp³-hybridized carbons (Fsp3) is 0.280. The summed E-state index contributed by atoms with van der Waals surface area (Å²) in [6.07, 6.45) is 1.68. The van der Waals surface area contributed by atoms with Gasteiger partial charge in [-0.15, -0.1) is 0 Å². The Kier molecular flexibility index (Phi) is 4.76. The molecule has 3 aromatic rings. The standard InChI is InChI=1S/C25H22N6/c1-17-28-24(30-10-8-22-18(13-26)4-2-6-20(22)15-30)12-25(29-17)31-11-9-23-19(14-27)5-3-7-21(23)16-31/h2-7,12H,8-11,15-16H2,1H3. The summed E-state index contributed by atoms with van der Waals surface area (Å²) in [6, 6.07) is 18.6. The van der Waals surface area contributed by atoms with E-state index in [4.69, 9.17) is 9.97 Å². The number of fused-ring (bicyclic) bond motifs is 2. The van der Waals surface area contributed by atoms with E-state index in [1.165, 1.54) is 11.1 Å². The van der Waals surface area contributed by atoms with E-state index in [1.54, 1.807) is 0 Å². The predicted octanol–water partition coefficient (Wildman–Crippen LogP) is 3.65. The second kappa shape index (κ2) is 7.74. The molecule has 152 valence electrons. The van der Waals surface area contributed by atoms with Crippen LogP contribution in [0.1, 0.15) is 39.2 Å². The summed E-state index contributed by atoms with van der Waals surface area (Å²) in [7, 11) is 0. The second-order valence-corrected chi connectivity index (χ2v) is 8.08. The molecule has 0 saturated heterocycles. The highest BCUT2D eigenvalue weighted by Crippen LogP contribution is 2.30. The Labute approximate surface area is 182 Å². The van der Waals surface area contributed by atoms with Crippen LogP contribution in [0, 0.1) is 29.6 Å². The Morgan fingerprint density at radius 2 is 1.26 bits per heavy atom. The molecule has 0 amide bonds. The first-order valence-electron chi connectivity index (χ1n) is 10.5. The second-order valence-electron chi connectivity index (χ2n) is 8.08. The van der Waals surface area contributed by atoms with Crippen molar-refractivity contribution in [1.82, 2.24) is 9.97 Å². The number of anilines is 2. The Balaban J connectivity index is 1.43. The molecule has 31 heavy (non-hydrogen) atoms. The first-order valence-corrected chi connectivity index (χ1v) is 10.5. The molecule has 2 aliphatic rings. The van der Waals surface area contributed by atoms with Gasteiger partial charge in [0.15, 0.2) is 0 Å². The molecule has 0 atom stereocenters. The molecule has 6 heteroatoms. The lowest BCUT2D eigenvalue weighted by Gasteiger charge is -2.33. The lowest BCUT2D eigenvalue weighted by molar-refractivity contribution is 0.700. The number of aromatic nitrogens is 2. The normalized spacial score (nSPS) is 14.9. The number of nitrogens with zero attached hydrogens (tertiary/aromatic N) is 6. The van der Waals surface area contributed by atoms with Crippen molar-refractivity contribution in [2.45, 2.75) is 32.9 Å². The number of benzene rings is 2. The third-order valence-corrected chi connectivity index (χ3v) is 6.23. The highest BCUT2D eigenvalue weighted by Gasteiger charge is 2.23. The van der Waals surface area contributed by atoms with Crippen LogP contribution in [0.25, 0.3) is 0 Å². The average Bonchev–Trinajstić information content (AvgIpc) is 2.82. The van der Waals surface area contributed by atoms with Crippen LogP contribution >= 0.6 is 0 Å². The number of rotatable bonds is 2. The zero-order chi connectivity index (χ0) is 21.4. The van der Waals surface area contributed by atoms with Gasteiger partial charge in [-0.25, -0.2) is 9.97 Å². The van der Waals surface area contributed by atoms with Gasteiger partial charge in [-0.1, -0.05) is 24.3 Å². The molecule has 0 spiro atoms. The number of aryl methyl sites for hydroxylation is 1. The Hall–Kier alpha value is -3.90. The van der Waals surface area contributed by atoms with E-state index < -0.39 is 0 Å². The smallest absolute Gasteiger partial charge is 0.134 e. The minimum atomic E-state index is 0.745. The van der Waals surface area contributed by atoms with Crippen molar-refractivity contribution in [3.8, 4) is 12.1 Å². The van der Waals surface area contributed by atoms with Crippen LogP contribution in [0.5, 0.6) is 0 Å². The molecule has 2 aromatic carbocycles. The zero-order valence-corrected chi connectivity index (χ0v) is 17.5. The SMILES string of the molecule is Cc1nc(N2CCc3c(C#N)cccc3C2)cc(N2CCc3c(C#N)cccc3C2)n1. The van der Waals surface area contributed by atoms with Crippen molar-refractivity contribution in [1.29, 1.82) is 10.5 Å². The van der Waals surface area contributed by atoms with E-state index in [1.807, 2.05) is 31.2 Å². The average molecular weight is 406 g/mol. The maximum absolute atomic E-state index is 9.39. The topological polar surface area (TPSA) is 79.8 Å². The molecule has 0 saturated carbocycles. The molecule has 1 aromatic heterocycles. The maximum Gasteiger partial charge on any atom is 0.134 e.